The van der Waals surface area contributed by atoms with E-state index < -0.39 is 0 Å². The van der Waals surface area contributed by atoms with Crippen LogP contribution in [0.25, 0.3) is 0 Å². The Labute approximate surface area is 105 Å². The lowest BCUT2D eigenvalue weighted by Crippen LogP contribution is -2.37. The molecule has 1 heterocycles. The van der Waals surface area contributed by atoms with Crippen LogP contribution in [-0.2, 0) is 4.79 Å². The highest BCUT2D eigenvalue weighted by Crippen LogP contribution is 2.25. The number of likely N-dealkylation sites (tertiary alicyclic amines) is 1. The molecule has 1 saturated heterocycles. The van der Waals surface area contributed by atoms with Crippen LogP contribution in [0.4, 0.5) is 0 Å². The molecule has 1 amide bonds. The van der Waals surface area contributed by atoms with Crippen molar-refractivity contribution in [1.82, 2.24) is 10.2 Å². The summed E-state index contributed by atoms with van der Waals surface area (Å²) in [5.41, 5.74) is 5.74. The Balaban J connectivity index is 2.21. The minimum absolute atomic E-state index is 0.179. The van der Waals surface area contributed by atoms with Gasteiger partial charge < -0.3 is 16.0 Å². The van der Waals surface area contributed by atoms with Crippen LogP contribution in [0.2, 0.25) is 0 Å². The van der Waals surface area contributed by atoms with E-state index in [1.165, 1.54) is 0 Å². The average molecular weight is 241 g/mol. The van der Waals surface area contributed by atoms with Gasteiger partial charge in [0.25, 0.3) is 0 Å². The van der Waals surface area contributed by atoms with E-state index in [4.69, 9.17) is 5.73 Å². The van der Waals surface area contributed by atoms with Gasteiger partial charge in [0.05, 0.1) is 0 Å². The lowest BCUT2D eigenvalue weighted by atomic mass is 9.84. The van der Waals surface area contributed by atoms with Crippen LogP contribution in [0, 0.1) is 5.41 Å². The molecule has 1 aliphatic rings. The normalized spacial score (nSPS) is 21.8. The van der Waals surface area contributed by atoms with Crippen LogP contribution in [0.15, 0.2) is 0 Å². The molecule has 1 rings (SSSR count). The zero-order chi connectivity index (χ0) is 12.9. The monoisotopic (exact) mass is 241 g/mol. The molecule has 4 nitrogen and oxygen atoms in total. The van der Waals surface area contributed by atoms with Crippen LogP contribution in [-0.4, -0.2) is 43.5 Å². The SMILES string of the molecule is CN1CCC(NC(=O)CCC(C)(C)CCN)C1. The maximum absolute atomic E-state index is 11.8. The van der Waals surface area contributed by atoms with Crippen molar-refractivity contribution >= 4 is 5.91 Å². The Morgan fingerprint density at radius 3 is 2.71 bits per heavy atom. The van der Waals surface area contributed by atoms with Crippen molar-refractivity contribution in [2.45, 2.75) is 45.6 Å². The molecule has 0 aromatic carbocycles. The van der Waals surface area contributed by atoms with Gasteiger partial charge in [0.2, 0.25) is 5.91 Å². The molecule has 1 unspecified atom stereocenters. The van der Waals surface area contributed by atoms with Crippen molar-refractivity contribution in [2.75, 3.05) is 26.7 Å². The van der Waals surface area contributed by atoms with Gasteiger partial charge in [-0.2, -0.15) is 0 Å². The lowest BCUT2D eigenvalue weighted by Gasteiger charge is -2.23. The summed E-state index contributed by atoms with van der Waals surface area (Å²) in [6.07, 6.45) is 3.59. The standard InChI is InChI=1S/C13H27N3O/c1-13(2,7-8-14)6-4-12(17)15-11-5-9-16(3)10-11/h11H,4-10,14H2,1-3H3,(H,15,17). The van der Waals surface area contributed by atoms with Gasteiger partial charge >= 0.3 is 0 Å². The highest BCUT2D eigenvalue weighted by Gasteiger charge is 2.22. The van der Waals surface area contributed by atoms with Crippen molar-refractivity contribution in [2.24, 2.45) is 11.1 Å². The highest BCUT2D eigenvalue weighted by molar-refractivity contribution is 5.76. The summed E-state index contributed by atoms with van der Waals surface area (Å²) in [5, 5.41) is 3.11. The second-order valence-electron chi connectivity index (χ2n) is 6.02. The molecule has 0 bridgehead atoms. The molecule has 1 fully saturated rings. The molecular weight excluding hydrogens is 214 g/mol. The zero-order valence-corrected chi connectivity index (χ0v) is 11.5. The number of carbonyl (C=O) groups is 1. The van der Waals surface area contributed by atoms with Crippen LogP contribution >= 0.6 is 0 Å². The number of hydrogen-bond acceptors (Lipinski definition) is 3. The molecule has 1 atom stereocenters. The molecule has 0 radical (unpaired) electrons. The summed E-state index contributed by atoms with van der Waals surface area (Å²) in [4.78, 5) is 14.0. The van der Waals surface area contributed by atoms with Gasteiger partial charge in [-0.1, -0.05) is 13.8 Å². The molecule has 0 aromatic rings. The van der Waals surface area contributed by atoms with Crippen molar-refractivity contribution < 1.29 is 4.79 Å². The van der Waals surface area contributed by atoms with Gasteiger partial charge in [-0.05, 0) is 44.8 Å². The number of likely N-dealkylation sites (N-methyl/N-ethyl adjacent to an activating group) is 1. The van der Waals surface area contributed by atoms with Crippen LogP contribution < -0.4 is 11.1 Å². The number of amides is 1. The van der Waals surface area contributed by atoms with E-state index in [0.29, 0.717) is 19.0 Å². The second kappa shape index (κ2) is 6.36. The topological polar surface area (TPSA) is 58.4 Å². The molecule has 0 aromatic heterocycles. The summed E-state index contributed by atoms with van der Waals surface area (Å²) in [6.45, 7) is 7.12. The fraction of sp³-hybridized carbons (Fsp3) is 0.923. The molecule has 1 aliphatic heterocycles. The Kier molecular flexibility index (Phi) is 5.40. The van der Waals surface area contributed by atoms with Gasteiger partial charge in [0, 0.05) is 19.0 Å². The molecule has 0 spiro atoms. The highest BCUT2D eigenvalue weighted by atomic mass is 16.1. The fourth-order valence-electron chi connectivity index (χ4n) is 2.32. The predicted molar refractivity (Wildman–Crippen MR) is 70.7 cm³/mol. The first-order chi connectivity index (χ1) is 7.93. The molecular formula is C13H27N3O. The Hall–Kier alpha value is -0.610. The number of nitrogens with one attached hydrogen (secondary N) is 1. The molecule has 17 heavy (non-hydrogen) atoms. The van der Waals surface area contributed by atoms with Gasteiger partial charge in [0.1, 0.15) is 0 Å². The van der Waals surface area contributed by atoms with E-state index in [2.05, 4.69) is 31.1 Å². The Morgan fingerprint density at radius 1 is 1.47 bits per heavy atom. The van der Waals surface area contributed by atoms with Gasteiger partial charge in [-0.3, -0.25) is 4.79 Å². The van der Waals surface area contributed by atoms with Gasteiger partial charge in [-0.15, -0.1) is 0 Å². The number of nitrogens with two attached hydrogens (primary N) is 1. The quantitative estimate of drug-likeness (QED) is 0.728. The third-order valence-corrected chi connectivity index (χ3v) is 3.61. The summed E-state index contributed by atoms with van der Waals surface area (Å²) in [5.74, 6) is 0.190. The van der Waals surface area contributed by atoms with Crippen LogP contribution in [0.1, 0.15) is 39.5 Å². The summed E-state index contributed by atoms with van der Waals surface area (Å²) in [7, 11) is 2.09. The van der Waals surface area contributed by atoms with E-state index in [9.17, 15) is 4.79 Å². The van der Waals surface area contributed by atoms with Crippen molar-refractivity contribution in [3.63, 3.8) is 0 Å². The minimum Gasteiger partial charge on any atom is -0.352 e. The molecule has 100 valence electrons. The first-order valence-electron chi connectivity index (χ1n) is 6.61. The fourth-order valence-corrected chi connectivity index (χ4v) is 2.32. The summed E-state index contributed by atoms with van der Waals surface area (Å²) >= 11 is 0. The Bertz CT molecular complexity index is 253. The minimum atomic E-state index is 0.179. The van der Waals surface area contributed by atoms with Gasteiger partial charge in [-0.25, -0.2) is 0 Å². The number of rotatable bonds is 6. The first-order valence-corrected chi connectivity index (χ1v) is 6.61. The summed E-state index contributed by atoms with van der Waals surface area (Å²) in [6, 6.07) is 0.352. The lowest BCUT2D eigenvalue weighted by molar-refractivity contribution is -0.122. The molecule has 3 N–H and O–H groups in total. The van der Waals surface area contributed by atoms with E-state index >= 15 is 0 Å². The number of carbonyl (C=O) groups excluding carboxylic acids is 1. The maximum atomic E-state index is 11.8. The third kappa shape index (κ3) is 5.50. The summed E-state index contributed by atoms with van der Waals surface area (Å²) < 4.78 is 0. The van der Waals surface area contributed by atoms with Gasteiger partial charge in [0.15, 0.2) is 0 Å². The first kappa shape index (κ1) is 14.5. The van der Waals surface area contributed by atoms with Crippen LogP contribution in [0.3, 0.4) is 0 Å². The average Bonchev–Trinajstić information content (AvgIpc) is 2.61. The predicted octanol–water partition coefficient (Wildman–Crippen LogP) is 0.962. The smallest absolute Gasteiger partial charge is 0.220 e. The number of nitrogens with zero attached hydrogens (tertiary/aromatic N) is 1. The van der Waals surface area contributed by atoms with Crippen molar-refractivity contribution in [1.29, 1.82) is 0 Å². The number of hydrogen-bond donors (Lipinski definition) is 2. The van der Waals surface area contributed by atoms with Crippen molar-refractivity contribution in [3.8, 4) is 0 Å². The zero-order valence-electron chi connectivity index (χ0n) is 11.5. The van der Waals surface area contributed by atoms with E-state index in [1.54, 1.807) is 0 Å². The third-order valence-electron chi connectivity index (χ3n) is 3.61. The Morgan fingerprint density at radius 2 is 2.18 bits per heavy atom. The maximum Gasteiger partial charge on any atom is 0.220 e. The van der Waals surface area contributed by atoms with Crippen molar-refractivity contribution in [3.05, 3.63) is 0 Å². The second-order valence-corrected chi connectivity index (χ2v) is 6.02. The van der Waals surface area contributed by atoms with E-state index in [0.717, 1.165) is 32.4 Å². The van der Waals surface area contributed by atoms with E-state index in [1.807, 2.05) is 0 Å². The molecule has 0 aliphatic carbocycles. The van der Waals surface area contributed by atoms with E-state index in [-0.39, 0.29) is 11.3 Å². The molecule has 0 saturated carbocycles. The molecule has 4 heteroatoms. The van der Waals surface area contributed by atoms with Crippen LogP contribution in [0.5, 0.6) is 0 Å². The largest absolute Gasteiger partial charge is 0.352 e.